The van der Waals surface area contributed by atoms with Crippen molar-refractivity contribution in [2.75, 3.05) is 13.1 Å². The average Bonchev–Trinajstić information content (AvgIpc) is 2.39. The average molecular weight is 231 g/mol. The molecule has 0 aliphatic carbocycles. The van der Waals surface area contributed by atoms with Crippen LogP contribution in [0.2, 0.25) is 0 Å². The van der Waals surface area contributed by atoms with Gasteiger partial charge >= 0.3 is 0 Å². The molecule has 2 nitrogen and oxygen atoms in total. The van der Waals surface area contributed by atoms with Crippen LogP contribution in [0.15, 0.2) is 24.3 Å². The maximum Gasteiger partial charge on any atom is 0.253 e. The van der Waals surface area contributed by atoms with Crippen LogP contribution < -0.4 is 0 Å². The van der Waals surface area contributed by atoms with E-state index in [2.05, 4.69) is 6.92 Å². The lowest BCUT2D eigenvalue weighted by molar-refractivity contribution is 0.0671. The zero-order chi connectivity index (χ0) is 12.3. The standard InChI is InChI=1S/C15H21NO/c1-3-13-5-4-10-16(11-13)15(17)14-8-6-12(2)7-9-14/h6-9,13H,3-5,10-11H2,1-2H3. The first kappa shape index (κ1) is 12.2. The van der Waals surface area contributed by atoms with Gasteiger partial charge in [-0.25, -0.2) is 0 Å². The Hall–Kier alpha value is -1.31. The van der Waals surface area contributed by atoms with Crippen molar-refractivity contribution in [1.82, 2.24) is 4.90 Å². The fourth-order valence-electron chi connectivity index (χ4n) is 2.46. The number of hydrogen-bond donors (Lipinski definition) is 0. The molecule has 1 aliphatic heterocycles. The van der Waals surface area contributed by atoms with Gasteiger partial charge in [0.25, 0.3) is 5.91 Å². The Kier molecular flexibility index (Phi) is 3.82. The second-order valence-electron chi connectivity index (χ2n) is 5.03. The van der Waals surface area contributed by atoms with Crippen molar-refractivity contribution < 1.29 is 4.79 Å². The van der Waals surface area contributed by atoms with E-state index < -0.39 is 0 Å². The Morgan fingerprint density at radius 1 is 1.35 bits per heavy atom. The van der Waals surface area contributed by atoms with Crippen LogP contribution in [0.1, 0.15) is 42.1 Å². The summed E-state index contributed by atoms with van der Waals surface area (Å²) >= 11 is 0. The molecular formula is C15H21NO. The highest BCUT2D eigenvalue weighted by Gasteiger charge is 2.23. The van der Waals surface area contributed by atoms with Crippen LogP contribution in [0.3, 0.4) is 0 Å². The maximum atomic E-state index is 12.3. The molecule has 1 aromatic carbocycles. The molecule has 1 aromatic rings. The van der Waals surface area contributed by atoms with Crippen LogP contribution in [0, 0.1) is 12.8 Å². The van der Waals surface area contributed by atoms with E-state index in [0.717, 1.165) is 25.1 Å². The molecule has 1 saturated heterocycles. The lowest BCUT2D eigenvalue weighted by atomic mass is 9.95. The predicted octanol–water partition coefficient (Wildman–Crippen LogP) is 3.26. The first-order valence-corrected chi connectivity index (χ1v) is 6.56. The van der Waals surface area contributed by atoms with Crippen LogP contribution >= 0.6 is 0 Å². The van der Waals surface area contributed by atoms with Gasteiger partial charge in [-0.1, -0.05) is 31.0 Å². The molecule has 0 saturated carbocycles. The number of hydrogen-bond acceptors (Lipinski definition) is 1. The summed E-state index contributed by atoms with van der Waals surface area (Å²) in [7, 11) is 0. The van der Waals surface area contributed by atoms with Crippen molar-refractivity contribution in [1.29, 1.82) is 0 Å². The molecular weight excluding hydrogens is 210 g/mol. The van der Waals surface area contributed by atoms with Crippen molar-refractivity contribution >= 4 is 5.91 Å². The van der Waals surface area contributed by atoms with Gasteiger partial charge in [0.1, 0.15) is 0 Å². The first-order chi connectivity index (χ1) is 8.20. The van der Waals surface area contributed by atoms with Gasteiger partial charge in [0.05, 0.1) is 0 Å². The van der Waals surface area contributed by atoms with Crippen molar-refractivity contribution in [2.45, 2.75) is 33.1 Å². The summed E-state index contributed by atoms with van der Waals surface area (Å²) in [6, 6.07) is 7.89. The second-order valence-corrected chi connectivity index (χ2v) is 5.03. The smallest absolute Gasteiger partial charge is 0.253 e. The number of carbonyl (C=O) groups excluding carboxylic acids is 1. The molecule has 2 heteroatoms. The molecule has 1 fully saturated rings. The highest BCUT2D eigenvalue weighted by molar-refractivity contribution is 5.94. The van der Waals surface area contributed by atoms with Gasteiger partial charge in [0, 0.05) is 18.7 Å². The van der Waals surface area contributed by atoms with E-state index >= 15 is 0 Å². The number of benzene rings is 1. The van der Waals surface area contributed by atoms with Gasteiger partial charge in [-0.2, -0.15) is 0 Å². The summed E-state index contributed by atoms with van der Waals surface area (Å²) in [5, 5.41) is 0. The Balaban J connectivity index is 2.06. The number of nitrogens with zero attached hydrogens (tertiary/aromatic N) is 1. The van der Waals surface area contributed by atoms with E-state index in [-0.39, 0.29) is 5.91 Å². The van der Waals surface area contributed by atoms with E-state index in [4.69, 9.17) is 0 Å². The van der Waals surface area contributed by atoms with Crippen molar-refractivity contribution in [3.8, 4) is 0 Å². The molecule has 2 rings (SSSR count). The molecule has 1 amide bonds. The molecule has 0 spiro atoms. The summed E-state index contributed by atoms with van der Waals surface area (Å²) in [5.41, 5.74) is 2.03. The second kappa shape index (κ2) is 5.35. The lowest BCUT2D eigenvalue weighted by Crippen LogP contribution is -2.39. The minimum atomic E-state index is 0.197. The highest BCUT2D eigenvalue weighted by atomic mass is 16.2. The molecule has 1 atom stereocenters. The first-order valence-electron chi connectivity index (χ1n) is 6.56. The molecule has 92 valence electrons. The minimum absolute atomic E-state index is 0.197. The van der Waals surface area contributed by atoms with E-state index in [1.807, 2.05) is 36.1 Å². The Labute approximate surface area is 104 Å². The van der Waals surface area contributed by atoms with E-state index in [1.54, 1.807) is 0 Å². The third-order valence-corrected chi connectivity index (χ3v) is 3.68. The summed E-state index contributed by atoms with van der Waals surface area (Å²) in [5.74, 6) is 0.890. The van der Waals surface area contributed by atoms with Gasteiger partial charge in [-0.15, -0.1) is 0 Å². The van der Waals surface area contributed by atoms with Crippen molar-refractivity contribution in [2.24, 2.45) is 5.92 Å². The highest BCUT2D eigenvalue weighted by Crippen LogP contribution is 2.20. The Bertz CT molecular complexity index is 382. The molecule has 1 heterocycles. The van der Waals surface area contributed by atoms with Gasteiger partial charge in [-0.05, 0) is 37.8 Å². The van der Waals surface area contributed by atoms with E-state index in [0.29, 0.717) is 5.92 Å². The normalized spacial score (nSPS) is 20.4. The summed E-state index contributed by atoms with van der Waals surface area (Å²) in [6.07, 6.45) is 3.60. The number of aryl methyl sites for hydroxylation is 1. The minimum Gasteiger partial charge on any atom is -0.338 e. The van der Waals surface area contributed by atoms with E-state index in [1.165, 1.54) is 18.4 Å². The quantitative estimate of drug-likeness (QED) is 0.765. The van der Waals surface area contributed by atoms with Crippen molar-refractivity contribution in [3.63, 3.8) is 0 Å². The zero-order valence-electron chi connectivity index (χ0n) is 10.8. The van der Waals surface area contributed by atoms with Crippen LogP contribution in [0.5, 0.6) is 0 Å². The van der Waals surface area contributed by atoms with Crippen LogP contribution in [-0.4, -0.2) is 23.9 Å². The summed E-state index contributed by atoms with van der Waals surface area (Å²) < 4.78 is 0. The topological polar surface area (TPSA) is 20.3 Å². The number of rotatable bonds is 2. The largest absolute Gasteiger partial charge is 0.338 e. The third-order valence-electron chi connectivity index (χ3n) is 3.68. The third kappa shape index (κ3) is 2.87. The van der Waals surface area contributed by atoms with Crippen LogP contribution in [0.4, 0.5) is 0 Å². The Morgan fingerprint density at radius 3 is 2.71 bits per heavy atom. The SMILES string of the molecule is CCC1CCCN(C(=O)c2ccc(C)cc2)C1. The number of likely N-dealkylation sites (tertiary alicyclic amines) is 1. The summed E-state index contributed by atoms with van der Waals surface area (Å²) in [6.45, 7) is 6.11. The fraction of sp³-hybridized carbons (Fsp3) is 0.533. The van der Waals surface area contributed by atoms with E-state index in [9.17, 15) is 4.79 Å². The van der Waals surface area contributed by atoms with Crippen LogP contribution in [0.25, 0.3) is 0 Å². The molecule has 0 radical (unpaired) electrons. The molecule has 0 bridgehead atoms. The lowest BCUT2D eigenvalue weighted by Gasteiger charge is -2.32. The molecule has 0 N–H and O–H groups in total. The molecule has 1 unspecified atom stereocenters. The molecule has 17 heavy (non-hydrogen) atoms. The van der Waals surface area contributed by atoms with Gasteiger partial charge < -0.3 is 4.90 Å². The summed E-state index contributed by atoms with van der Waals surface area (Å²) in [4.78, 5) is 14.3. The predicted molar refractivity (Wildman–Crippen MR) is 70.1 cm³/mol. The van der Waals surface area contributed by atoms with Crippen molar-refractivity contribution in [3.05, 3.63) is 35.4 Å². The van der Waals surface area contributed by atoms with Crippen LogP contribution in [-0.2, 0) is 0 Å². The monoisotopic (exact) mass is 231 g/mol. The molecule has 1 aliphatic rings. The zero-order valence-corrected chi connectivity index (χ0v) is 10.8. The Morgan fingerprint density at radius 2 is 2.06 bits per heavy atom. The number of carbonyl (C=O) groups is 1. The van der Waals surface area contributed by atoms with Gasteiger partial charge in [0.2, 0.25) is 0 Å². The molecule has 0 aromatic heterocycles. The number of amides is 1. The van der Waals surface area contributed by atoms with Gasteiger partial charge in [-0.3, -0.25) is 4.79 Å². The number of piperidine rings is 1. The maximum absolute atomic E-state index is 12.3. The van der Waals surface area contributed by atoms with Gasteiger partial charge in [0.15, 0.2) is 0 Å². The fourth-order valence-corrected chi connectivity index (χ4v) is 2.46.